The molecule has 3 aromatic carbocycles. The van der Waals surface area contributed by atoms with Gasteiger partial charge in [-0.25, -0.2) is 4.99 Å². The molecule has 4 rings (SSSR count). The number of amides is 1. The van der Waals surface area contributed by atoms with Crippen LogP contribution in [-0.2, 0) is 11.4 Å². The van der Waals surface area contributed by atoms with Crippen molar-refractivity contribution in [3.63, 3.8) is 0 Å². The van der Waals surface area contributed by atoms with Gasteiger partial charge in [-0.15, -0.1) is 0 Å². The van der Waals surface area contributed by atoms with Gasteiger partial charge >= 0.3 is 0 Å². The number of benzene rings is 3. The number of carbonyl (C=O) groups excluding carboxylic acids is 1. The summed E-state index contributed by atoms with van der Waals surface area (Å²) >= 11 is 7.47. The van der Waals surface area contributed by atoms with Gasteiger partial charge in [0.25, 0.3) is 5.91 Å². The highest BCUT2D eigenvalue weighted by molar-refractivity contribution is 8.18. The standard InChI is InChI=1S/C25H21ClN2O2S/c1-16-10-12-18(13-11-16)15-30-22-9-4-3-6-19(22)14-23-24(29)28-25(31-23)27-21-8-5-7-20(26)17(21)2/h3-14H,15H2,1-2H3,(H,27,28,29)/b23-14+. The second-order valence-corrected chi connectivity index (χ2v) is 8.62. The maximum Gasteiger partial charge on any atom is 0.264 e. The minimum Gasteiger partial charge on any atom is -0.488 e. The molecule has 3 aromatic rings. The van der Waals surface area contributed by atoms with Crippen molar-refractivity contribution in [2.24, 2.45) is 4.99 Å². The number of carbonyl (C=O) groups is 1. The molecule has 31 heavy (non-hydrogen) atoms. The summed E-state index contributed by atoms with van der Waals surface area (Å²) in [6.07, 6.45) is 1.83. The zero-order valence-corrected chi connectivity index (χ0v) is 18.8. The van der Waals surface area contributed by atoms with Crippen LogP contribution in [0.3, 0.4) is 0 Å². The van der Waals surface area contributed by atoms with Crippen LogP contribution in [0.5, 0.6) is 5.75 Å². The Hall–Kier alpha value is -3.02. The number of halogens is 1. The first-order valence-corrected chi connectivity index (χ1v) is 11.0. The fourth-order valence-electron chi connectivity index (χ4n) is 3.02. The number of aryl methyl sites for hydroxylation is 1. The van der Waals surface area contributed by atoms with Crippen LogP contribution in [0.15, 0.2) is 76.6 Å². The molecule has 156 valence electrons. The number of aliphatic imine (C=N–C) groups is 1. The van der Waals surface area contributed by atoms with Crippen molar-refractivity contribution in [2.75, 3.05) is 0 Å². The SMILES string of the molecule is Cc1ccc(COc2ccccc2/C=C2/SC(=Nc3cccc(Cl)c3C)NC2=O)cc1. The van der Waals surface area contributed by atoms with Crippen molar-refractivity contribution in [1.29, 1.82) is 0 Å². The van der Waals surface area contributed by atoms with E-state index in [1.165, 1.54) is 17.3 Å². The molecule has 1 fully saturated rings. The van der Waals surface area contributed by atoms with Gasteiger partial charge in [-0.3, -0.25) is 4.79 Å². The van der Waals surface area contributed by atoms with Crippen LogP contribution in [0.4, 0.5) is 5.69 Å². The van der Waals surface area contributed by atoms with Crippen LogP contribution in [0.2, 0.25) is 5.02 Å². The van der Waals surface area contributed by atoms with E-state index in [0.717, 1.165) is 28.1 Å². The van der Waals surface area contributed by atoms with E-state index in [2.05, 4.69) is 41.5 Å². The highest BCUT2D eigenvalue weighted by Gasteiger charge is 2.24. The van der Waals surface area contributed by atoms with E-state index < -0.39 is 0 Å². The lowest BCUT2D eigenvalue weighted by Crippen LogP contribution is -2.19. The number of nitrogens with one attached hydrogen (secondary N) is 1. The molecule has 1 saturated heterocycles. The second-order valence-electron chi connectivity index (χ2n) is 7.18. The molecule has 4 nitrogen and oxygen atoms in total. The summed E-state index contributed by atoms with van der Waals surface area (Å²) in [6, 6.07) is 21.4. The number of para-hydroxylation sites is 1. The van der Waals surface area contributed by atoms with Crippen molar-refractivity contribution in [1.82, 2.24) is 5.32 Å². The summed E-state index contributed by atoms with van der Waals surface area (Å²) in [5.41, 5.74) is 4.75. The lowest BCUT2D eigenvalue weighted by Gasteiger charge is -2.10. The number of rotatable bonds is 5. The molecular weight excluding hydrogens is 428 g/mol. The van der Waals surface area contributed by atoms with E-state index in [1.54, 1.807) is 0 Å². The third kappa shape index (κ3) is 5.19. The summed E-state index contributed by atoms with van der Waals surface area (Å²) in [6.45, 7) is 4.42. The van der Waals surface area contributed by atoms with Crippen molar-refractivity contribution < 1.29 is 9.53 Å². The summed E-state index contributed by atoms with van der Waals surface area (Å²) in [7, 11) is 0. The Balaban J connectivity index is 1.53. The molecule has 6 heteroatoms. The average molecular weight is 449 g/mol. The second kappa shape index (κ2) is 9.41. The topological polar surface area (TPSA) is 50.7 Å². The van der Waals surface area contributed by atoms with Gasteiger partial charge < -0.3 is 10.1 Å². The van der Waals surface area contributed by atoms with Crippen molar-refractivity contribution in [3.8, 4) is 5.75 Å². The van der Waals surface area contributed by atoms with Crippen molar-refractivity contribution in [3.05, 3.63) is 98.9 Å². The largest absolute Gasteiger partial charge is 0.488 e. The summed E-state index contributed by atoms with van der Waals surface area (Å²) in [5, 5.41) is 4.00. The molecule has 0 aromatic heterocycles. The van der Waals surface area contributed by atoms with E-state index in [9.17, 15) is 4.79 Å². The Morgan fingerprint density at radius 3 is 2.61 bits per heavy atom. The molecule has 0 radical (unpaired) electrons. The van der Waals surface area contributed by atoms with Gasteiger partial charge in [0, 0.05) is 10.6 Å². The minimum absolute atomic E-state index is 0.184. The van der Waals surface area contributed by atoms with Gasteiger partial charge in [-0.1, -0.05) is 65.7 Å². The van der Waals surface area contributed by atoms with Gasteiger partial charge in [0.05, 0.1) is 10.6 Å². The molecule has 1 N–H and O–H groups in total. The molecular formula is C25H21ClN2O2S. The first-order valence-electron chi connectivity index (χ1n) is 9.82. The molecule has 0 bridgehead atoms. The maximum absolute atomic E-state index is 12.5. The Morgan fingerprint density at radius 1 is 1.03 bits per heavy atom. The summed E-state index contributed by atoms with van der Waals surface area (Å²) in [4.78, 5) is 17.6. The highest BCUT2D eigenvalue weighted by atomic mass is 35.5. The third-order valence-corrected chi connectivity index (χ3v) is 6.15. The molecule has 0 spiro atoms. The monoisotopic (exact) mass is 448 g/mol. The number of thioether (sulfide) groups is 1. The molecule has 0 saturated carbocycles. The van der Waals surface area contributed by atoms with Gasteiger partial charge in [0.1, 0.15) is 12.4 Å². The Kier molecular flexibility index (Phi) is 6.44. The Morgan fingerprint density at radius 2 is 1.81 bits per heavy atom. The number of amidine groups is 1. The zero-order valence-electron chi connectivity index (χ0n) is 17.2. The van der Waals surface area contributed by atoms with Crippen molar-refractivity contribution in [2.45, 2.75) is 20.5 Å². The normalized spacial score (nSPS) is 16.0. The van der Waals surface area contributed by atoms with E-state index >= 15 is 0 Å². The average Bonchev–Trinajstić information content (AvgIpc) is 3.10. The van der Waals surface area contributed by atoms with Gasteiger partial charge in [0.15, 0.2) is 5.17 Å². The smallest absolute Gasteiger partial charge is 0.264 e. The van der Waals surface area contributed by atoms with Crippen LogP contribution in [0, 0.1) is 13.8 Å². The number of ether oxygens (including phenoxy) is 1. The van der Waals surface area contributed by atoms with Crippen LogP contribution < -0.4 is 10.1 Å². The fraction of sp³-hybridized carbons (Fsp3) is 0.120. The minimum atomic E-state index is -0.184. The third-order valence-electron chi connectivity index (χ3n) is 4.83. The van der Waals surface area contributed by atoms with Crippen LogP contribution >= 0.6 is 23.4 Å². The molecule has 0 atom stereocenters. The molecule has 1 aliphatic heterocycles. The van der Waals surface area contributed by atoms with E-state index in [-0.39, 0.29) is 5.91 Å². The van der Waals surface area contributed by atoms with Gasteiger partial charge in [0.2, 0.25) is 0 Å². The van der Waals surface area contributed by atoms with Crippen LogP contribution in [0.1, 0.15) is 22.3 Å². The number of hydrogen-bond acceptors (Lipinski definition) is 4. The lowest BCUT2D eigenvalue weighted by atomic mass is 10.1. The molecule has 0 aliphatic carbocycles. The van der Waals surface area contributed by atoms with Gasteiger partial charge in [-0.05, 0) is 61.0 Å². The number of nitrogens with zero attached hydrogens (tertiary/aromatic N) is 1. The summed E-state index contributed by atoms with van der Waals surface area (Å²) in [5.74, 6) is 0.539. The first kappa shape index (κ1) is 21.2. The van der Waals surface area contributed by atoms with E-state index in [0.29, 0.717) is 21.7 Å². The summed E-state index contributed by atoms with van der Waals surface area (Å²) < 4.78 is 6.03. The molecule has 1 aliphatic rings. The molecule has 1 amide bonds. The van der Waals surface area contributed by atoms with Gasteiger partial charge in [-0.2, -0.15) is 0 Å². The fourth-order valence-corrected chi connectivity index (χ4v) is 4.02. The van der Waals surface area contributed by atoms with Crippen molar-refractivity contribution >= 4 is 46.2 Å². The quantitative estimate of drug-likeness (QED) is 0.457. The maximum atomic E-state index is 12.5. The van der Waals surface area contributed by atoms with E-state index in [4.69, 9.17) is 16.3 Å². The lowest BCUT2D eigenvalue weighted by molar-refractivity contribution is -0.115. The molecule has 1 heterocycles. The number of hydrogen-bond donors (Lipinski definition) is 1. The van der Waals surface area contributed by atoms with Crippen LogP contribution in [0.25, 0.3) is 6.08 Å². The van der Waals surface area contributed by atoms with E-state index in [1.807, 2.05) is 55.5 Å². The predicted octanol–water partition coefficient (Wildman–Crippen LogP) is 6.43. The predicted molar refractivity (Wildman–Crippen MR) is 129 cm³/mol. The molecule has 0 unspecified atom stereocenters. The highest BCUT2D eigenvalue weighted by Crippen LogP contribution is 2.32. The Bertz CT molecular complexity index is 1190. The first-order chi connectivity index (χ1) is 15.0. The Labute approximate surface area is 191 Å². The zero-order chi connectivity index (χ0) is 21.8. The van der Waals surface area contributed by atoms with Crippen LogP contribution in [-0.4, -0.2) is 11.1 Å².